The van der Waals surface area contributed by atoms with Gasteiger partial charge < -0.3 is 10.1 Å². The molecule has 0 aliphatic carbocycles. The third kappa shape index (κ3) is 2.79. The Kier molecular flexibility index (Phi) is 3.51. The van der Waals surface area contributed by atoms with Crippen molar-refractivity contribution in [3.8, 4) is 0 Å². The second-order valence-corrected chi connectivity index (χ2v) is 4.00. The first kappa shape index (κ1) is 11.1. The van der Waals surface area contributed by atoms with E-state index in [4.69, 9.17) is 4.74 Å². The molecule has 1 aliphatic rings. The molecule has 0 bridgehead atoms. The summed E-state index contributed by atoms with van der Waals surface area (Å²) < 4.78 is 5.40. The van der Waals surface area contributed by atoms with Crippen LogP contribution in [0.4, 0.5) is 0 Å². The topological polar surface area (TPSA) is 79.9 Å². The smallest absolute Gasteiger partial charge is 0.223 e. The zero-order valence-electron chi connectivity index (χ0n) is 9.27. The maximum absolute atomic E-state index is 11.7. The van der Waals surface area contributed by atoms with E-state index in [-0.39, 0.29) is 18.1 Å². The third-order valence-electron chi connectivity index (χ3n) is 2.66. The molecule has 1 fully saturated rings. The highest BCUT2D eigenvalue weighted by molar-refractivity contribution is 5.76. The summed E-state index contributed by atoms with van der Waals surface area (Å²) >= 11 is 0. The van der Waals surface area contributed by atoms with Crippen molar-refractivity contribution in [3.63, 3.8) is 0 Å². The zero-order valence-corrected chi connectivity index (χ0v) is 9.27. The molecule has 1 saturated heterocycles. The van der Waals surface area contributed by atoms with Crippen LogP contribution in [0.1, 0.15) is 38.1 Å². The van der Waals surface area contributed by atoms with Crippen LogP contribution >= 0.6 is 0 Å². The van der Waals surface area contributed by atoms with Gasteiger partial charge in [-0.3, -0.25) is 9.89 Å². The molecule has 0 saturated carbocycles. The maximum Gasteiger partial charge on any atom is 0.223 e. The molecule has 2 unspecified atom stereocenters. The Balaban J connectivity index is 1.78. The molecule has 2 heterocycles. The van der Waals surface area contributed by atoms with Gasteiger partial charge >= 0.3 is 0 Å². The van der Waals surface area contributed by atoms with E-state index < -0.39 is 0 Å². The molecule has 0 aromatic carbocycles. The molecular weight excluding hydrogens is 208 g/mol. The Bertz CT molecular complexity index is 333. The van der Waals surface area contributed by atoms with Crippen LogP contribution in [0.2, 0.25) is 0 Å². The van der Waals surface area contributed by atoms with Gasteiger partial charge in [0.25, 0.3) is 0 Å². The molecule has 6 nitrogen and oxygen atoms in total. The molecule has 2 atom stereocenters. The number of hydrogen-bond acceptors (Lipinski definition) is 4. The Morgan fingerprint density at radius 2 is 2.69 bits per heavy atom. The molecule has 1 amide bonds. The fourth-order valence-electron chi connectivity index (χ4n) is 1.80. The molecule has 88 valence electrons. The molecule has 1 aromatic heterocycles. The fraction of sp³-hybridized carbons (Fsp3) is 0.700. The highest BCUT2D eigenvalue weighted by Crippen LogP contribution is 2.15. The van der Waals surface area contributed by atoms with E-state index in [9.17, 15) is 4.79 Å². The number of carbonyl (C=O) groups excluding carboxylic acids is 1. The van der Waals surface area contributed by atoms with E-state index in [0.717, 1.165) is 19.4 Å². The maximum atomic E-state index is 11.7. The van der Waals surface area contributed by atoms with Crippen molar-refractivity contribution in [1.29, 1.82) is 0 Å². The fourth-order valence-corrected chi connectivity index (χ4v) is 1.80. The lowest BCUT2D eigenvalue weighted by molar-refractivity contribution is -0.123. The quantitative estimate of drug-likeness (QED) is 0.782. The van der Waals surface area contributed by atoms with E-state index in [2.05, 4.69) is 20.5 Å². The molecule has 1 aromatic rings. The molecule has 6 heteroatoms. The Morgan fingerprint density at radius 1 is 1.81 bits per heavy atom. The number of hydrogen-bond donors (Lipinski definition) is 2. The lowest BCUT2D eigenvalue weighted by Gasteiger charge is -2.13. The first-order chi connectivity index (χ1) is 7.75. The van der Waals surface area contributed by atoms with Crippen molar-refractivity contribution in [2.24, 2.45) is 0 Å². The highest BCUT2D eigenvalue weighted by Gasteiger charge is 2.20. The van der Waals surface area contributed by atoms with Crippen LogP contribution in [0.5, 0.6) is 0 Å². The van der Waals surface area contributed by atoms with Crippen LogP contribution in [0.3, 0.4) is 0 Å². The summed E-state index contributed by atoms with van der Waals surface area (Å²) in [6.45, 7) is 2.64. The number of nitrogens with zero attached hydrogens (tertiary/aromatic N) is 2. The van der Waals surface area contributed by atoms with Gasteiger partial charge in [0.15, 0.2) is 0 Å². The number of ether oxygens (including phenoxy) is 1. The minimum atomic E-state index is -0.142. The molecular formula is C10H16N4O2. The van der Waals surface area contributed by atoms with Gasteiger partial charge in [-0.2, -0.15) is 5.10 Å². The first-order valence-corrected chi connectivity index (χ1v) is 5.52. The van der Waals surface area contributed by atoms with Gasteiger partial charge in [-0.1, -0.05) is 0 Å². The van der Waals surface area contributed by atoms with Crippen LogP contribution in [0, 0.1) is 0 Å². The monoisotopic (exact) mass is 224 g/mol. The van der Waals surface area contributed by atoms with Crippen molar-refractivity contribution in [2.75, 3.05) is 6.61 Å². The normalized spacial score (nSPS) is 21.9. The lowest BCUT2D eigenvalue weighted by atomic mass is 10.1. The number of rotatable bonds is 4. The van der Waals surface area contributed by atoms with Crippen molar-refractivity contribution in [1.82, 2.24) is 20.5 Å². The summed E-state index contributed by atoms with van der Waals surface area (Å²) in [4.78, 5) is 15.6. The number of carbonyl (C=O) groups is 1. The Hall–Kier alpha value is -1.43. The molecule has 0 radical (unpaired) electrons. The van der Waals surface area contributed by atoms with E-state index in [1.54, 1.807) is 0 Å². The van der Waals surface area contributed by atoms with Gasteiger partial charge in [0, 0.05) is 6.61 Å². The van der Waals surface area contributed by atoms with Crippen molar-refractivity contribution in [2.45, 2.75) is 38.3 Å². The minimum absolute atomic E-state index is 0.00389. The predicted octanol–water partition coefficient (Wildman–Crippen LogP) is 0.551. The molecule has 2 N–H and O–H groups in total. The van der Waals surface area contributed by atoms with Crippen LogP contribution in [-0.4, -0.2) is 33.8 Å². The van der Waals surface area contributed by atoms with Gasteiger partial charge in [-0.05, 0) is 19.8 Å². The van der Waals surface area contributed by atoms with Crippen molar-refractivity contribution >= 4 is 5.91 Å². The second-order valence-electron chi connectivity index (χ2n) is 4.00. The largest absolute Gasteiger partial charge is 0.378 e. The highest BCUT2D eigenvalue weighted by atomic mass is 16.5. The predicted molar refractivity (Wildman–Crippen MR) is 56.5 cm³/mol. The van der Waals surface area contributed by atoms with E-state index >= 15 is 0 Å². The Morgan fingerprint density at radius 3 is 3.31 bits per heavy atom. The summed E-state index contributed by atoms with van der Waals surface area (Å²) in [7, 11) is 0. The van der Waals surface area contributed by atoms with Gasteiger partial charge in [-0.15, -0.1) is 0 Å². The van der Waals surface area contributed by atoms with Gasteiger partial charge in [0.2, 0.25) is 5.91 Å². The summed E-state index contributed by atoms with van der Waals surface area (Å²) in [5.41, 5.74) is 0. The number of aromatic nitrogens is 3. The summed E-state index contributed by atoms with van der Waals surface area (Å²) in [6.07, 6.45) is 3.97. The number of H-pyrrole nitrogens is 1. The molecule has 2 rings (SSSR count). The molecule has 1 aliphatic heterocycles. The minimum Gasteiger partial charge on any atom is -0.378 e. The van der Waals surface area contributed by atoms with Gasteiger partial charge in [0.05, 0.1) is 18.6 Å². The first-order valence-electron chi connectivity index (χ1n) is 5.52. The van der Waals surface area contributed by atoms with Gasteiger partial charge in [0.1, 0.15) is 12.2 Å². The van der Waals surface area contributed by atoms with Crippen molar-refractivity contribution < 1.29 is 9.53 Å². The van der Waals surface area contributed by atoms with Gasteiger partial charge in [-0.25, -0.2) is 4.98 Å². The third-order valence-corrected chi connectivity index (χ3v) is 2.66. The average Bonchev–Trinajstić information content (AvgIpc) is 2.88. The lowest BCUT2D eigenvalue weighted by Crippen LogP contribution is -2.30. The van der Waals surface area contributed by atoms with Crippen LogP contribution in [0.15, 0.2) is 6.33 Å². The van der Waals surface area contributed by atoms with Crippen LogP contribution in [-0.2, 0) is 9.53 Å². The summed E-state index contributed by atoms with van der Waals surface area (Å²) in [6, 6.07) is -0.142. The zero-order chi connectivity index (χ0) is 11.4. The second kappa shape index (κ2) is 5.07. The summed E-state index contributed by atoms with van der Waals surface area (Å²) in [5, 5.41) is 9.33. The van der Waals surface area contributed by atoms with E-state index in [0.29, 0.717) is 12.2 Å². The van der Waals surface area contributed by atoms with Crippen LogP contribution in [0.25, 0.3) is 0 Å². The van der Waals surface area contributed by atoms with E-state index in [1.165, 1.54) is 6.33 Å². The van der Waals surface area contributed by atoms with Crippen molar-refractivity contribution in [3.05, 3.63) is 12.2 Å². The standard InChI is InChI=1S/C10H16N4O2/c1-7(10-11-6-12-14-10)13-9(15)5-8-3-2-4-16-8/h6-8H,2-5H2,1H3,(H,13,15)(H,11,12,14). The molecule has 0 spiro atoms. The number of amides is 1. The van der Waals surface area contributed by atoms with Crippen LogP contribution < -0.4 is 5.32 Å². The summed E-state index contributed by atoms with van der Waals surface area (Å²) in [5.74, 6) is 0.663. The average molecular weight is 224 g/mol. The van der Waals surface area contributed by atoms with E-state index in [1.807, 2.05) is 6.92 Å². The number of aromatic amines is 1. The number of nitrogens with one attached hydrogen (secondary N) is 2. The Labute approximate surface area is 93.8 Å². The SMILES string of the molecule is CC(NC(=O)CC1CCCO1)c1ncn[nH]1. The molecule has 16 heavy (non-hydrogen) atoms.